The number of rotatable bonds is 4. The van der Waals surface area contributed by atoms with Crippen molar-refractivity contribution >= 4 is 11.4 Å². The highest BCUT2D eigenvalue weighted by Gasteiger charge is 2.07. The Morgan fingerprint density at radius 2 is 1.72 bits per heavy atom. The standard InChI is InChI=1S/C14H14FNO2/c1-17-10-7-8-13(14(9-10)18-2)16-12-6-4-3-5-11(12)15/h3-9,16H,1-2H3. The fourth-order valence-corrected chi connectivity index (χ4v) is 1.61. The lowest BCUT2D eigenvalue weighted by Gasteiger charge is -2.12. The van der Waals surface area contributed by atoms with Crippen molar-refractivity contribution < 1.29 is 13.9 Å². The molecule has 0 fully saturated rings. The summed E-state index contributed by atoms with van der Waals surface area (Å²) in [7, 11) is 3.14. The molecule has 0 aliphatic heterocycles. The Morgan fingerprint density at radius 1 is 0.944 bits per heavy atom. The van der Waals surface area contributed by atoms with E-state index in [0.29, 0.717) is 22.9 Å². The number of hydrogen-bond donors (Lipinski definition) is 1. The molecule has 4 heteroatoms. The van der Waals surface area contributed by atoms with E-state index >= 15 is 0 Å². The summed E-state index contributed by atoms with van der Waals surface area (Å²) in [5.74, 6) is 0.971. The number of methoxy groups -OCH3 is 2. The lowest BCUT2D eigenvalue weighted by molar-refractivity contribution is 0.395. The molecule has 0 heterocycles. The first kappa shape index (κ1) is 12.2. The Morgan fingerprint density at radius 3 is 2.39 bits per heavy atom. The number of nitrogens with one attached hydrogen (secondary N) is 1. The van der Waals surface area contributed by atoms with E-state index in [9.17, 15) is 4.39 Å². The third-order valence-corrected chi connectivity index (χ3v) is 2.55. The van der Waals surface area contributed by atoms with Crippen LogP contribution in [0.4, 0.5) is 15.8 Å². The highest BCUT2D eigenvalue weighted by Crippen LogP contribution is 2.31. The maximum absolute atomic E-state index is 13.5. The first-order valence-electron chi connectivity index (χ1n) is 5.48. The van der Waals surface area contributed by atoms with Gasteiger partial charge in [0.2, 0.25) is 0 Å². The minimum absolute atomic E-state index is 0.310. The molecule has 3 nitrogen and oxygen atoms in total. The number of ether oxygens (including phenoxy) is 2. The molecule has 0 atom stereocenters. The van der Waals surface area contributed by atoms with Crippen molar-refractivity contribution in [1.29, 1.82) is 0 Å². The third kappa shape index (κ3) is 2.53. The van der Waals surface area contributed by atoms with E-state index in [-0.39, 0.29) is 5.82 Å². The van der Waals surface area contributed by atoms with Gasteiger partial charge in [-0.25, -0.2) is 4.39 Å². The molecule has 1 N–H and O–H groups in total. The Balaban J connectivity index is 2.32. The minimum Gasteiger partial charge on any atom is -0.497 e. The molecule has 0 aliphatic carbocycles. The molecular formula is C14H14FNO2. The summed E-state index contributed by atoms with van der Waals surface area (Å²) in [5.41, 5.74) is 1.09. The molecule has 18 heavy (non-hydrogen) atoms. The van der Waals surface area contributed by atoms with E-state index in [4.69, 9.17) is 9.47 Å². The van der Waals surface area contributed by atoms with Gasteiger partial charge in [-0.15, -0.1) is 0 Å². The van der Waals surface area contributed by atoms with Gasteiger partial charge >= 0.3 is 0 Å². The van der Waals surface area contributed by atoms with Crippen LogP contribution in [0.15, 0.2) is 42.5 Å². The van der Waals surface area contributed by atoms with Crippen molar-refractivity contribution in [2.45, 2.75) is 0 Å². The van der Waals surface area contributed by atoms with Crippen LogP contribution in [0.2, 0.25) is 0 Å². The molecule has 0 aliphatic rings. The van der Waals surface area contributed by atoms with E-state index in [1.54, 1.807) is 50.6 Å². The number of para-hydroxylation sites is 1. The Labute approximate surface area is 105 Å². The molecule has 0 saturated carbocycles. The second-order valence-corrected chi connectivity index (χ2v) is 3.67. The first-order valence-corrected chi connectivity index (χ1v) is 5.48. The van der Waals surface area contributed by atoms with Crippen LogP contribution in [0.5, 0.6) is 11.5 Å². The zero-order valence-electron chi connectivity index (χ0n) is 10.2. The van der Waals surface area contributed by atoms with Crippen LogP contribution in [0.1, 0.15) is 0 Å². The summed E-state index contributed by atoms with van der Waals surface area (Å²) in [5, 5.41) is 2.99. The average molecular weight is 247 g/mol. The number of benzene rings is 2. The van der Waals surface area contributed by atoms with Gasteiger partial charge in [0.05, 0.1) is 25.6 Å². The normalized spacial score (nSPS) is 9.94. The molecule has 0 aromatic heterocycles. The number of halogens is 1. The van der Waals surface area contributed by atoms with Crippen LogP contribution in [0, 0.1) is 5.82 Å². The predicted octanol–water partition coefficient (Wildman–Crippen LogP) is 3.59. The van der Waals surface area contributed by atoms with Gasteiger partial charge in [-0.1, -0.05) is 12.1 Å². The quantitative estimate of drug-likeness (QED) is 0.895. The highest BCUT2D eigenvalue weighted by atomic mass is 19.1. The first-order chi connectivity index (χ1) is 8.74. The van der Waals surface area contributed by atoms with Crippen molar-refractivity contribution in [3.63, 3.8) is 0 Å². The monoisotopic (exact) mass is 247 g/mol. The highest BCUT2D eigenvalue weighted by molar-refractivity contribution is 5.67. The largest absolute Gasteiger partial charge is 0.497 e. The SMILES string of the molecule is COc1ccc(Nc2ccccc2F)c(OC)c1. The molecule has 0 spiro atoms. The van der Waals surface area contributed by atoms with Crippen LogP contribution >= 0.6 is 0 Å². The van der Waals surface area contributed by atoms with Crippen LogP contribution in [-0.4, -0.2) is 14.2 Å². The third-order valence-electron chi connectivity index (χ3n) is 2.55. The second-order valence-electron chi connectivity index (χ2n) is 3.67. The van der Waals surface area contributed by atoms with E-state index in [0.717, 1.165) is 0 Å². The number of anilines is 2. The molecule has 2 rings (SSSR count). The van der Waals surface area contributed by atoms with Crippen LogP contribution in [0.3, 0.4) is 0 Å². The summed E-state index contributed by atoms with van der Waals surface area (Å²) in [6.07, 6.45) is 0. The Kier molecular flexibility index (Phi) is 3.67. The van der Waals surface area contributed by atoms with Crippen molar-refractivity contribution in [1.82, 2.24) is 0 Å². The zero-order valence-corrected chi connectivity index (χ0v) is 10.2. The Bertz CT molecular complexity index is 543. The summed E-state index contributed by atoms with van der Waals surface area (Å²) in [6.45, 7) is 0. The van der Waals surface area contributed by atoms with Gasteiger partial charge in [0.15, 0.2) is 0 Å². The van der Waals surface area contributed by atoms with Gasteiger partial charge in [-0.2, -0.15) is 0 Å². The van der Waals surface area contributed by atoms with Gasteiger partial charge in [-0.05, 0) is 24.3 Å². The average Bonchev–Trinajstić information content (AvgIpc) is 2.41. The van der Waals surface area contributed by atoms with Crippen LogP contribution in [-0.2, 0) is 0 Å². The van der Waals surface area contributed by atoms with Crippen molar-refractivity contribution in [2.75, 3.05) is 19.5 Å². The van der Waals surface area contributed by atoms with Crippen LogP contribution < -0.4 is 14.8 Å². The van der Waals surface area contributed by atoms with E-state index in [1.165, 1.54) is 6.07 Å². The smallest absolute Gasteiger partial charge is 0.146 e. The van der Waals surface area contributed by atoms with Gasteiger partial charge in [-0.3, -0.25) is 0 Å². The minimum atomic E-state index is -0.310. The molecule has 2 aromatic carbocycles. The second kappa shape index (κ2) is 5.40. The zero-order chi connectivity index (χ0) is 13.0. The van der Waals surface area contributed by atoms with Gasteiger partial charge in [0.1, 0.15) is 17.3 Å². The topological polar surface area (TPSA) is 30.5 Å². The predicted molar refractivity (Wildman–Crippen MR) is 69.2 cm³/mol. The van der Waals surface area contributed by atoms with Gasteiger partial charge in [0.25, 0.3) is 0 Å². The Hall–Kier alpha value is -2.23. The molecule has 0 saturated heterocycles. The molecule has 94 valence electrons. The molecule has 0 radical (unpaired) electrons. The summed E-state index contributed by atoms with van der Waals surface area (Å²) in [4.78, 5) is 0. The van der Waals surface area contributed by atoms with E-state index in [1.807, 2.05) is 0 Å². The maximum Gasteiger partial charge on any atom is 0.146 e. The van der Waals surface area contributed by atoms with Crippen molar-refractivity contribution in [3.8, 4) is 11.5 Å². The number of hydrogen-bond acceptors (Lipinski definition) is 3. The van der Waals surface area contributed by atoms with E-state index < -0.39 is 0 Å². The van der Waals surface area contributed by atoms with Crippen molar-refractivity contribution in [2.24, 2.45) is 0 Å². The molecule has 2 aromatic rings. The molecule has 0 bridgehead atoms. The maximum atomic E-state index is 13.5. The summed E-state index contributed by atoms with van der Waals surface area (Å²) >= 11 is 0. The van der Waals surface area contributed by atoms with Gasteiger partial charge in [0, 0.05) is 6.07 Å². The fraction of sp³-hybridized carbons (Fsp3) is 0.143. The lowest BCUT2D eigenvalue weighted by atomic mass is 10.2. The summed E-state index contributed by atoms with van der Waals surface area (Å²) < 4.78 is 23.9. The van der Waals surface area contributed by atoms with E-state index in [2.05, 4.69) is 5.32 Å². The lowest BCUT2D eigenvalue weighted by Crippen LogP contribution is -1.97. The van der Waals surface area contributed by atoms with Crippen LogP contribution in [0.25, 0.3) is 0 Å². The molecule has 0 unspecified atom stereocenters. The fourth-order valence-electron chi connectivity index (χ4n) is 1.61. The molecule has 0 amide bonds. The molecular weight excluding hydrogens is 233 g/mol. The van der Waals surface area contributed by atoms with Crippen molar-refractivity contribution in [3.05, 3.63) is 48.3 Å². The van der Waals surface area contributed by atoms with Gasteiger partial charge < -0.3 is 14.8 Å². The summed E-state index contributed by atoms with van der Waals surface area (Å²) in [6, 6.07) is 11.8.